The molecule has 6 nitrogen and oxygen atoms in total. The van der Waals surface area contributed by atoms with E-state index >= 15 is 0 Å². The van der Waals surface area contributed by atoms with Gasteiger partial charge in [-0.25, -0.2) is 4.39 Å². The number of aliphatic carboxylic acids is 1. The number of pyridine rings is 1. The van der Waals surface area contributed by atoms with Crippen LogP contribution in [0.25, 0.3) is 6.08 Å². The lowest BCUT2D eigenvalue weighted by Gasteiger charge is -2.13. The van der Waals surface area contributed by atoms with Crippen molar-refractivity contribution < 1.29 is 19.1 Å². The minimum Gasteiger partial charge on any atom is -0.480 e. The lowest BCUT2D eigenvalue weighted by Crippen LogP contribution is -2.19. The SMILES string of the molecule is Cc1ccc(Nc2cncc(/C=C\N(C)CC(=O)O)c2C=O)c(F)c1. The maximum absolute atomic E-state index is 14.0. The number of aryl methyl sites for hydroxylation is 1. The van der Waals surface area contributed by atoms with Gasteiger partial charge in [0, 0.05) is 30.6 Å². The predicted molar refractivity (Wildman–Crippen MR) is 93.3 cm³/mol. The molecule has 0 amide bonds. The van der Waals surface area contributed by atoms with Crippen molar-refractivity contribution in [3.63, 3.8) is 0 Å². The standard InChI is InChI=1S/C18H18FN3O3/c1-12-3-4-16(15(19)7-12)21-17-9-20-8-13(14(17)11-23)5-6-22(2)10-18(24)25/h3-9,11,21H,10H2,1-2H3,(H,24,25)/b6-5-. The third-order valence-corrected chi connectivity index (χ3v) is 3.42. The summed E-state index contributed by atoms with van der Waals surface area (Å²) < 4.78 is 14.0. The smallest absolute Gasteiger partial charge is 0.323 e. The maximum Gasteiger partial charge on any atom is 0.323 e. The molecule has 2 N–H and O–H groups in total. The zero-order chi connectivity index (χ0) is 18.4. The molecule has 7 heteroatoms. The van der Waals surface area contributed by atoms with Gasteiger partial charge in [0.15, 0.2) is 6.29 Å². The molecule has 130 valence electrons. The van der Waals surface area contributed by atoms with Crippen LogP contribution in [0.15, 0.2) is 36.8 Å². The fourth-order valence-corrected chi connectivity index (χ4v) is 2.19. The van der Waals surface area contributed by atoms with E-state index < -0.39 is 11.8 Å². The van der Waals surface area contributed by atoms with Crippen LogP contribution in [0.4, 0.5) is 15.8 Å². The number of halogens is 1. The monoisotopic (exact) mass is 343 g/mol. The van der Waals surface area contributed by atoms with Crippen LogP contribution in [0.1, 0.15) is 21.5 Å². The van der Waals surface area contributed by atoms with Gasteiger partial charge in [0.05, 0.1) is 17.6 Å². The van der Waals surface area contributed by atoms with Crippen LogP contribution >= 0.6 is 0 Å². The fraction of sp³-hybridized carbons (Fsp3) is 0.167. The summed E-state index contributed by atoms with van der Waals surface area (Å²) >= 11 is 0. The van der Waals surface area contributed by atoms with Crippen LogP contribution < -0.4 is 5.32 Å². The number of aromatic nitrogens is 1. The lowest BCUT2D eigenvalue weighted by molar-refractivity contribution is -0.137. The Hall–Kier alpha value is -3.22. The number of rotatable bonds is 7. The first kappa shape index (κ1) is 18.1. The van der Waals surface area contributed by atoms with Gasteiger partial charge in [-0.3, -0.25) is 14.6 Å². The molecule has 25 heavy (non-hydrogen) atoms. The van der Waals surface area contributed by atoms with Gasteiger partial charge in [0.1, 0.15) is 12.4 Å². The molecule has 2 aromatic rings. The van der Waals surface area contributed by atoms with Crippen LogP contribution in [0, 0.1) is 12.7 Å². The maximum atomic E-state index is 14.0. The zero-order valence-electron chi connectivity index (χ0n) is 13.9. The van der Waals surface area contributed by atoms with Crippen LogP contribution in [0.2, 0.25) is 0 Å². The van der Waals surface area contributed by atoms with E-state index in [1.165, 1.54) is 29.6 Å². The van der Waals surface area contributed by atoms with Crippen molar-refractivity contribution in [2.75, 3.05) is 18.9 Å². The molecule has 0 saturated carbocycles. The summed E-state index contributed by atoms with van der Waals surface area (Å²) in [6, 6.07) is 4.73. The van der Waals surface area contributed by atoms with Crippen molar-refractivity contribution in [3.05, 3.63) is 59.3 Å². The van der Waals surface area contributed by atoms with Crippen molar-refractivity contribution in [1.29, 1.82) is 0 Å². The second-order valence-corrected chi connectivity index (χ2v) is 5.54. The number of carbonyl (C=O) groups is 2. The van der Waals surface area contributed by atoms with E-state index in [1.807, 2.05) is 0 Å². The number of carbonyl (C=O) groups excluding carboxylic acids is 1. The van der Waals surface area contributed by atoms with E-state index in [0.717, 1.165) is 5.56 Å². The van der Waals surface area contributed by atoms with Crippen molar-refractivity contribution in [3.8, 4) is 0 Å². The lowest BCUT2D eigenvalue weighted by atomic mass is 10.1. The van der Waals surface area contributed by atoms with E-state index in [-0.39, 0.29) is 12.2 Å². The third kappa shape index (κ3) is 4.87. The summed E-state index contributed by atoms with van der Waals surface area (Å²) in [7, 11) is 1.60. The Morgan fingerprint density at radius 1 is 1.36 bits per heavy atom. The highest BCUT2D eigenvalue weighted by Crippen LogP contribution is 2.24. The second-order valence-electron chi connectivity index (χ2n) is 5.54. The molecular formula is C18H18FN3O3. The van der Waals surface area contributed by atoms with Gasteiger partial charge < -0.3 is 15.3 Å². The summed E-state index contributed by atoms with van der Waals surface area (Å²) in [4.78, 5) is 27.7. The normalized spacial score (nSPS) is 10.7. The molecule has 1 heterocycles. The molecule has 0 aliphatic heterocycles. The van der Waals surface area contributed by atoms with Gasteiger partial charge in [-0.2, -0.15) is 0 Å². The number of anilines is 2. The number of benzene rings is 1. The highest BCUT2D eigenvalue weighted by Gasteiger charge is 2.10. The number of likely N-dealkylation sites (N-methyl/N-ethyl adjacent to an activating group) is 1. The van der Waals surface area contributed by atoms with Gasteiger partial charge in [0.2, 0.25) is 0 Å². The van der Waals surface area contributed by atoms with E-state index in [1.54, 1.807) is 32.2 Å². The number of nitrogens with zero attached hydrogens (tertiary/aromatic N) is 2. The first-order chi connectivity index (χ1) is 11.9. The third-order valence-electron chi connectivity index (χ3n) is 3.42. The molecule has 0 aliphatic carbocycles. The number of nitrogens with one attached hydrogen (secondary N) is 1. The second kappa shape index (κ2) is 8.05. The van der Waals surface area contributed by atoms with Crippen LogP contribution in [0.3, 0.4) is 0 Å². The van der Waals surface area contributed by atoms with Gasteiger partial charge in [-0.1, -0.05) is 6.07 Å². The highest BCUT2D eigenvalue weighted by atomic mass is 19.1. The minimum absolute atomic E-state index is 0.174. The average Bonchev–Trinajstić information content (AvgIpc) is 2.55. The molecule has 0 radical (unpaired) electrons. The van der Waals surface area contributed by atoms with Crippen molar-refractivity contribution in [1.82, 2.24) is 9.88 Å². The molecule has 0 saturated heterocycles. The number of hydrogen-bond acceptors (Lipinski definition) is 5. The number of carboxylic acid groups (broad SMARTS) is 1. The number of aldehydes is 1. The van der Waals surface area contributed by atoms with Crippen molar-refractivity contribution in [2.45, 2.75) is 6.92 Å². The van der Waals surface area contributed by atoms with Crippen molar-refractivity contribution >= 4 is 29.7 Å². The Balaban J connectivity index is 2.30. The van der Waals surface area contributed by atoms with E-state index in [0.29, 0.717) is 23.1 Å². The predicted octanol–water partition coefficient (Wildman–Crippen LogP) is 3.07. The molecule has 0 bridgehead atoms. The Morgan fingerprint density at radius 2 is 2.12 bits per heavy atom. The molecule has 0 spiro atoms. The van der Waals surface area contributed by atoms with Crippen molar-refractivity contribution in [2.24, 2.45) is 0 Å². The summed E-state index contributed by atoms with van der Waals surface area (Å²) in [5.41, 5.74) is 2.18. The average molecular weight is 343 g/mol. The summed E-state index contributed by atoms with van der Waals surface area (Å²) in [6.45, 7) is 1.61. The number of carboxylic acids is 1. The largest absolute Gasteiger partial charge is 0.480 e. The number of hydrogen-bond donors (Lipinski definition) is 2. The van der Waals surface area contributed by atoms with E-state index in [4.69, 9.17) is 5.11 Å². The van der Waals surface area contributed by atoms with Gasteiger partial charge >= 0.3 is 5.97 Å². The molecule has 0 fully saturated rings. The Bertz CT molecular complexity index is 821. The molecule has 0 unspecified atom stereocenters. The Labute approximate surface area is 144 Å². The zero-order valence-corrected chi connectivity index (χ0v) is 13.9. The first-order valence-corrected chi connectivity index (χ1v) is 7.47. The van der Waals surface area contributed by atoms with Gasteiger partial charge in [0.25, 0.3) is 0 Å². The molecule has 0 atom stereocenters. The summed E-state index contributed by atoms with van der Waals surface area (Å²) in [6.07, 6.45) is 6.67. The summed E-state index contributed by atoms with van der Waals surface area (Å²) in [5, 5.41) is 11.6. The quantitative estimate of drug-likeness (QED) is 0.752. The first-order valence-electron chi connectivity index (χ1n) is 7.47. The van der Waals surface area contributed by atoms with Crippen LogP contribution in [0.5, 0.6) is 0 Å². The molecule has 2 rings (SSSR count). The minimum atomic E-state index is -0.967. The molecule has 0 aliphatic rings. The van der Waals surface area contributed by atoms with Crippen LogP contribution in [-0.4, -0.2) is 40.8 Å². The van der Waals surface area contributed by atoms with E-state index in [2.05, 4.69) is 10.3 Å². The Kier molecular flexibility index (Phi) is 5.84. The topological polar surface area (TPSA) is 82.5 Å². The van der Waals surface area contributed by atoms with Gasteiger partial charge in [-0.05, 0) is 30.7 Å². The fourth-order valence-electron chi connectivity index (χ4n) is 2.19. The molecular weight excluding hydrogens is 325 g/mol. The summed E-state index contributed by atoms with van der Waals surface area (Å²) in [5.74, 6) is -1.40. The van der Waals surface area contributed by atoms with E-state index in [9.17, 15) is 14.0 Å². The molecule has 1 aromatic heterocycles. The molecule has 1 aromatic carbocycles. The van der Waals surface area contributed by atoms with Gasteiger partial charge in [-0.15, -0.1) is 0 Å². The Morgan fingerprint density at radius 3 is 2.76 bits per heavy atom. The highest BCUT2D eigenvalue weighted by molar-refractivity contribution is 5.90. The van der Waals surface area contributed by atoms with Crippen LogP contribution in [-0.2, 0) is 4.79 Å².